The molecule has 2 heterocycles. The molecule has 0 bridgehead atoms. The molecule has 2 rings (SSSR count). The molecule has 0 fully saturated rings. The number of hydrogen-bond donors (Lipinski definition) is 0. The van der Waals surface area contributed by atoms with Gasteiger partial charge >= 0.3 is 5.97 Å². The number of aromatic nitrogens is 1. The Bertz CT molecular complexity index is 551. The number of esters is 1. The van der Waals surface area contributed by atoms with E-state index in [1.165, 1.54) is 18.9 Å². The molecule has 5 nitrogen and oxygen atoms in total. The van der Waals surface area contributed by atoms with Crippen molar-refractivity contribution >= 4 is 5.97 Å². The number of rotatable bonds is 6. The van der Waals surface area contributed by atoms with Crippen molar-refractivity contribution in [3.63, 3.8) is 0 Å². The highest BCUT2D eigenvalue weighted by atomic mass is 16.5. The summed E-state index contributed by atoms with van der Waals surface area (Å²) < 4.78 is 9.86. The van der Waals surface area contributed by atoms with Crippen LogP contribution in [-0.4, -0.2) is 36.6 Å². The monoisotopic (exact) mass is 274 g/mol. The van der Waals surface area contributed by atoms with Crippen molar-refractivity contribution in [2.45, 2.75) is 13.0 Å². The van der Waals surface area contributed by atoms with E-state index in [1.54, 1.807) is 18.5 Å². The van der Waals surface area contributed by atoms with E-state index in [2.05, 4.69) is 14.6 Å². The predicted molar refractivity (Wildman–Crippen MR) is 74.3 cm³/mol. The number of ether oxygens (including phenoxy) is 1. The molecule has 0 unspecified atom stereocenters. The van der Waals surface area contributed by atoms with Crippen molar-refractivity contribution in [1.82, 2.24) is 9.88 Å². The van der Waals surface area contributed by atoms with Crippen molar-refractivity contribution in [3.8, 4) is 0 Å². The van der Waals surface area contributed by atoms with Crippen LogP contribution in [0.4, 0.5) is 0 Å². The van der Waals surface area contributed by atoms with Crippen LogP contribution < -0.4 is 0 Å². The second kappa shape index (κ2) is 6.86. The third-order valence-electron chi connectivity index (χ3n) is 3.09. The van der Waals surface area contributed by atoms with Crippen molar-refractivity contribution in [3.05, 3.63) is 53.7 Å². The van der Waals surface area contributed by atoms with Gasteiger partial charge in [0.05, 0.1) is 13.4 Å². The molecule has 2 aromatic rings. The lowest BCUT2D eigenvalue weighted by molar-refractivity contribution is 0.0562. The highest BCUT2D eigenvalue weighted by Gasteiger charge is 2.16. The molecule has 0 saturated carbocycles. The SMILES string of the molecule is COC(=O)c1occc1CN(C)CCc1ccncc1. The van der Waals surface area contributed by atoms with E-state index >= 15 is 0 Å². The first-order chi connectivity index (χ1) is 9.70. The van der Waals surface area contributed by atoms with Crippen LogP contribution >= 0.6 is 0 Å². The summed E-state index contributed by atoms with van der Waals surface area (Å²) in [6.45, 7) is 1.53. The third kappa shape index (κ3) is 3.68. The number of nitrogens with zero attached hydrogens (tertiary/aromatic N) is 2. The second-order valence-corrected chi connectivity index (χ2v) is 4.61. The molecule has 5 heteroatoms. The van der Waals surface area contributed by atoms with Gasteiger partial charge in [-0.25, -0.2) is 4.79 Å². The van der Waals surface area contributed by atoms with Crippen LogP contribution in [0.1, 0.15) is 21.7 Å². The fraction of sp³-hybridized carbons (Fsp3) is 0.333. The van der Waals surface area contributed by atoms with Crippen LogP contribution in [0, 0.1) is 0 Å². The molecule has 0 atom stereocenters. The summed E-state index contributed by atoms with van der Waals surface area (Å²) in [5, 5.41) is 0. The number of carbonyl (C=O) groups is 1. The predicted octanol–water partition coefficient (Wildman–Crippen LogP) is 2.14. The lowest BCUT2D eigenvalue weighted by Gasteiger charge is -2.16. The molecular formula is C15H18N2O3. The zero-order valence-corrected chi connectivity index (χ0v) is 11.7. The van der Waals surface area contributed by atoms with Crippen molar-refractivity contribution in [2.75, 3.05) is 20.7 Å². The summed E-state index contributed by atoms with van der Waals surface area (Å²) in [7, 11) is 3.36. The minimum absolute atomic E-state index is 0.281. The lowest BCUT2D eigenvalue weighted by atomic mass is 10.2. The first-order valence-corrected chi connectivity index (χ1v) is 6.43. The van der Waals surface area contributed by atoms with Gasteiger partial charge in [-0.2, -0.15) is 0 Å². The van der Waals surface area contributed by atoms with Crippen molar-refractivity contribution < 1.29 is 13.9 Å². The maximum Gasteiger partial charge on any atom is 0.374 e. The van der Waals surface area contributed by atoms with Crippen LogP contribution in [0.5, 0.6) is 0 Å². The number of furan rings is 1. The van der Waals surface area contributed by atoms with Crippen LogP contribution in [-0.2, 0) is 17.7 Å². The average molecular weight is 274 g/mol. The highest BCUT2D eigenvalue weighted by Crippen LogP contribution is 2.14. The van der Waals surface area contributed by atoms with Gasteiger partial charge in [0.25, 0.3) is 0 Å². The zero-order valence-electron chi connectivity index (χ0n) is 11.7. The number of pyridine rings is 1. The summed E-state index contributed by atoms with van der Waals surface area (Å²) in [4.78, 5) is 17.6. The first-order valence-electron chi connectivity index (χ1n) is 6.43. The molecular weight excluding hydrogens is 256 g/mol. The minimum atomic E-state index is -0.437. The third-order valence-corrected chi connectivity index (χ3v) is 3.09. The van der Waals surface area contributed by atoms with Crippen LogP contribution in [0.15, 0.2) is 41.3 Å². The van der Waals surface area contributed by atoms with Gasteiger partial charge in [-0.1, -0.05) is 0 Å². The van der Waals surface area contributed by atoms with Gasteiger partial charge in [-0.15, -0.1) is 0 Å². The van der Waals surface area contributed by atoms with Gasteiger partial charge in [0.15, 0.2) is 0 Å². The Labute approximate surface area is 118 Å². The smallest absolute Gasteiger partial charge is 0.374 e. The Balaban J connectivity index is 1.90. The summed E-state index contributed by atoms with van der Waals surface area (Å²) >= 11 is 0. The molecule has 20 heavy (non-hydrogen) atoms. The molecule has 0 radical (unpaired) electrons. The van der Waals surface area contributed by atoms with Gasteiger partial charge in [-0.05, 0) is 37.2 Å². The normalized spacial score (nSPS) is 10.8. The number of likely N-dealkylation sites (N-methyl/N-ethyl adjacent to an activating group) is 1. The molecule has 0 aliphatic carbocycles. The largest absolute Gasteiger partial charge is 0.463 e. The van der Waals surface area contributed by atoms with E-state index in [-0.39, 0.29) is 5.76 Å². The number of methoxy groups -OCH3 is 1. The lowest BCUT2D eigenvalue weighted by Crippen LogP contribution is -2.21. The van der Waals surface area contributed by atoms with Gasteiger partial charge in [0.2, 0.25) is 5.76 Å². The van der Waals surface area contributed by atoms with Crippen LogP contribution in [0.2, 0.25) is 0 Å². The van der Waals surface area contributed by atoms with Gasteiger partial charge in [-0.3, -0.25) is 4.98 Å². The number of carbonyl (C=O) groups excluding carboxylic acids is 1. The summed E-state index contributed by atoms with van der Waals surface area (Å²) in [6.07, 6.45) is 6.03. The van der Waals surface area contributed by atoms with Gasteiger partial charge in [0.1, 0.15) is 0 Å². The molecule has 0 aliphatic rings. The molecule has 0 N–H and O–H groups in total. The summed E-state index contributed by atoms with van der Waals surface area (Å²) in [5.41, 5.74) is 2.08. The Morgan fingerprint density at radius 1 is 1.35 bits per heavy atom. The van der Waals surface area contributed by atoms with E-state index < -0.39 is 5.97 Å². The second-order valence-electron chi connectivity index (χ2n) is 4.61. The van der Waals surface area contributed by atoms with Crippen molar-refractivity contribution in [1.29, 1.82) is 0 Å². The summed E-state index contributed by atoms with van der Waals surface area (Å²) in [6, 6.07) is 5.81. The molecule has 0 aliphatic heterocycles. The Kier molecular flexibility index (Phi) is 4.90. The standard InChI is InChI=1S/C15H18N2O3/c1-17(9-5-12-3-7-16-8-4-12)11-13-6-10-20-14(13)15(18)19-2/h3-4,6-8,10H,5,9,11H2,1-2H3. The van der Waals surface area contributed by atoms with E-state index in [0.29, 0.717) is 6.54 Å². The van der Waals surface area contributed by atoms with Gasteiger partial charge < -0.3 is 14.1 Å². The average Bonchev–Trinajstić information content (AvgIpc) is 2.93. The topological polar surface area (TPSA) is 55.6 Å². The molecule has 2 aromatic heterocycles. The molecule has 0 amide bonds. The quantitative estimate of drug-likeness (QED) is 0.755. The Hall–Kier alpha value is -2.14. The van der Waals surface area contributed by atoms with Crippen LogP contribution in [0.25, 0.3) is 0 Å². The Morgan fingerprint density at radius 3 is 2.80 bits per heavy atom. The zero-order chi connectivity index (χ0) is 14.4. The maximum atomic E-state index is 11.5. The molecule has 0 spiro atoms. The Morgan fingerprint density at radius 2 is 2.10 bits per heavy atom. The van der Waals surface area contributed by atoms with E-state index in [0.717, 1.165) is 18.5 Å². The molecule has 0 saturated heterocycles. The van der Waals surface area contributed by atoms with E-state index in [4.69, 9.17) is 4.42 Å². The van der Waals surface area contributed by atoms with Gasteiger partial charge in [0, 0.05) is 31.0 Å². The summed E-state index contributed by atoms with van der Waals surface area (Å²) in [5.74, 6) is -0.157. The first kappa shape index (κ1) is 14.3. The molecule has 106 valence electrons. The van der Waals surface area contributed by atoms with Crippen LogP contribution in [0.3, 0.4) is 0 Å². The van der Waals surface area contributed by atoms with E-state index in [1.807, 2.05) is 19.2 Å². The maximum absolute atomic E-state index is 11.5. The highest BCUT2D eigenvalue weighted by molar-refractivity contribution is 5.87. The molecule has 0 aromatic carbocycles. The number of hydrogen-bond acceptors (Lipinski definition) is 5. The minimum Gasteiger partial charge on any atom is -0.463 e. The van der Waals surface area contributed by atoms with E-state index in [9.17, 15) is 4.79 Å². The fourth-order valence-electron chi connectivity index (χ4n) is 1.97. The van der Waals surface area contributed by atoms with Crippen molar-refractivity contribution in [2.24, 2.45) is 0 Å². The fourth-order valence-corrected chi connectivity index (χ4v) is 1.97.